The first-order valence-electron chi connectivity index (χ1n) is 14.1. The van der Waals surface area contributed by atoms with Gasteiger partial charge < -0.3 is 16.0 Å². The highest BCUT2D eigenvalue weighted by atomic mass is 16.1. The van der Waals surface area contributed by atoms with E-state index in [1.165, 1.54) is 18.5 Å². The summed E-state index contributed by atoms with van der Waals surface area (Å²) in [6.07, 6.45) is 5.76. The van der Waals surface area contributed by atoms with Crippen LogP contribution in [0.4, 0.5) is 0 Å². The van der Waals surface area contributed by atoms with Crippen LogP contribution in [0.2, 0.25) is 0 Å². The standard InChI is InChI=1S/C24H30N4O.C4H8.2C2H6/c1-5-19-21(20(6-2)28-14-12-26-13-15-28)16(3)22(24(19)29)23(27-17(4)25)18-10-8-7-9-11-18;1-4-2-3-4;2*1-2/h5,7-11,26H,4,6,12-15,25H2,1-3H3;4H,2-3H2,1H3;2*1-2H3/b19-5+,21-20+,27-23-;;;. The maximum atomic E-state index is 13.5. The van der Waals surface area contributed by atoms with Gasteiger partial charge in [0.05, 0.1) is 11.3 Å². The summed E-state index contributed by atoms with van der Waals surface area (Å²) in [6, 6.07) is 9.71. The van der Waals surface area contributed by atoms with Gasteiger partial charge in [0.25, 0.3) is 0 Å². The second-order valence-corrected chi connectivity index (χ2v) is 8.94. The number of piperazine rings is 1. The molecule has 37 heavy (non-hydrogen) atoms. The smallest absolute Gasteiger partial charge is 0.195 e. The third kappa shape index (κ3) is 8.85. The van der Waals surface area contributed by atoms with Crippen molar-refractivity contribution in [2.75, 3.05) is 26.2 Å². The van der Waals surface area contributed by atoms with Gasteiger partial charge in [-0.25, -0.2) is 4.99 Å². The molecule has 2 aliphatic carbocycles. The molecule has 4 rings (SSSR count). The highest BCUT2D eigenvalue weighted by Crippen LogP contribution is 2.39. The van der Waals surface area contributed by atoms with Gasteiger partial charge >= 0.3 is 0 Å². The maximum absolute atomic E-state index is 13.5. The predicted octanol–water partition coefficient (Wildman–Crippen LogP) is 6.79. The molecule has 3 aliphatic rings. The number of ketones is 1. The van der Waals surface area contributed by atoms with Gasteiger partial charge in [0.15, 0.2) is 5.78 Å². The largest absolute Gasteiger partial charge is 0.384 e. The molecule has 0 aromatic heterocycles. The lowest BCUT2D eigenvalue weighted by molar-refractivity contribution is -0.111. The SMILES string of the molecule is C=C(N)/N=C(C1=C(C)C(=C(/CC)N2CCNCC2)/C(=C\C)C1=O)/c1ccccc1.CC.CC.CC1CC1. The molecular formula is C32H50N4O. The first-order valence-corrected chi connectivity index (χ1v) is 14.1. The summed E-state index contributed by atoms with van der Waals surface area (Å²) in [7, 11) is 0. The van der Waals surface area contributed by atoms with Gasteiger partial charge in [-0.15, -0.1) is 0 Å². The van der Waals surface area contributed by atoms with Crippen molar-refractivity contribution < 1.29 is 4.79 Å². The van der Waals surface area contributed by atoms with Gasteiger partial charge in [0, 0.05) is 48.6 Å². The molecule has 0 spiro atoms. The molecule has 204 valence electrons. The number of nitrogens with one attached hydrogen (secondary N) is 1. The van der Waals surface area contributed by atoms with Gasteiger partial charge in [0.1, 0.15) is 5.82 Å². The summed E-state index contributed by atoms with van der Waals surface area (Å²) in [5.74, 6) is 1.28. The van der Waals surface area contributed by atoms with Crippen LogP contribution in [0.3, 0.4) is 0 Å². The van der Waals surface area contributed by atoms with Gasteiger partial charge in [-0.3, -0.25) is 4.79 Å². The zero-order valence-electron chi connectivity index (χ0n) is 24.6. The van der Waals surface area contributed by atoms with E-state index >= 15 is 0 Å². The molecule has 1 saturated heterocycles. The van der Waals surface area contributed by atoms with E-state index in [0.717, 1.165) is 60.8 Å². The molecule has 2 fully saturated rings. The second-order valence-electron chi connectivity index (χ2n) is 8.94. The van der Waals surface area contributed by atoms with Crippen LogP contribution >= 0.6 is 0 Å². The van der Waals surface area contributed by atoms with E-state index in [1.54, 1.807) is 0 Å². The van der Waals surface area contributed by atoms with Crippen molar-refractivity contribution in [1.82, 2.24) is 10.2 Å². The Balaban J connectivity index is 0.000000750. The topological polar surface area (TPSA) is 70.7 Å². The van der Waals surface area contributed by atoms with E-state index < -0.39 is 0 Å². The molecular weight excluding hydrogens is 456 g/mol. The lowest BCUT2D eigenvalue weighted by Crippen LogP contribution is -2.43. The Hall–Kier alpha value is -2.92. The number of hydrogen-bond acceptors (Lipinski definition) is 5. The lowest BCUT2D eigenvalue weighted by Gasteiger charge is -2.33. The van der Waals surface area contributed by atoms with Crippen molar-refractivity contribution in [1.29, 1.82) is 0 Å². The van der Waals surface area contributed by atoms with E-state index in [4.69, 9.17) is 5.73 Å². The van der Waals surface area contributed by atoms with E-state index in [9.17, 15) is 4.79 Å². The Morgan fingerprint density at radius 3 is 2.11 bits per heavy atom. The fourth-order valence-corrected chi connectivity index (χ4v) is 4.34. The maximum Gasteiger partial charge on any atom is 0.195 e. The molecule has 0 atom stereocenters. The molecule has 0 unspecified atom stereocenters. The van der Waals surface area contributed by atoms with Crippen molar-refractivity contribution in [2.24, 2.45) is 16.6 Å². The molecule has 1 aliphatic heterocycles. The summed E-state index contributed by atoms with van der Waals surface area (Å²) in [5.41, 5.74) is 11.9. The highest BCUT2D eigenvalue weighted by Gasteiger charge is 2.36. The van der Waals surface area contributed by atoms with Crippen molar-refractivity contribution in [3.8, 4) is 0 Å². The van der Waals surface area contributed by atoms with Crippen molar-refractivity contribution >= 4 is 11.5 Å². The lowest BCUT2D eigenvalue weighted by atomic mass is 9.98. The normalized spacial score (nSPS) is 19.8. The third-order valence-corrected chi connectivity index (χ3v) is 6.31. The number of hydrogen-bond donors (Lipinski definition) is 2. The molecule has 0 radical (unpaired) electrons. The minimum Gasteiger partial charge on any atom is -0.384 e. The number of carbonyl (C=O) groups excluding carboxylic acids is 1. The average molecular weight is 507 g/mol. The fourth-order valence-electron chi connectivity index (χ4n) is 4.34. The van der Waals surface area contributed by atoms with Gasteiger partial charge in [-0.1, -0.05) is 97.4 Å². The van der Waals surface area contributed by atoms with E-state index in [2.05, 4.69) is 35.6 Å². The summed E-state index contributed by atoms with van der Waals surface area (Å²) in [4.78, 5) is 20.4. The van der Waals surface area contributed by atoms with Gasteiger partial charge in [-0.05, 0) is 31.8 Å². The van der Waals surface area contributed by atoms with Crippen LogP contribution in [-0.4, -0.2) is 42.6 Å². The van der Waals surface area contributed by atoms with Crippen LogP contribution in [0.1, 0.15) is 80.2 Å². The number of allylic oxidation sites excluding steroid dienone is 6. The number of carbonyl (C=O) groups is 1. The van der Waals surface area contributed by atoms with E-state index in [-0.39, 0.29) is 11.6 Å². The monoisotopic (exact) mass is 506 g/mol. The predicted molar refractivity (Wildman–Crippen MR) is 161 cm³/mol. The molecule has 1 saturated carbocycles. The quantitative estimate of drug-likeness (QED) is 0.341. The molecule has 1 heterocycles. The molecule has 0 bridgehead atoms. The van der Waals surface area contributed by atoms with Crippen molar-refractivity contribution in [2.45, 2.75) is 74.7 Å². The molecule has 5 nitrogen and oxygen atoms in total. The minimum absolute atomic E-state index is 0.00457. The van der Waals surface area contributed by atoms with Crippen LogP contribution < -0.4 is 11.1 Å². The fraction of sp³-hybridized carbons (Fsp3) is 0.500. The number of nitrogens with two attached hydrogens (primary N) is 1. The number of nitrogens with zero attached hydrogens (tertiary/aromatic N) is 2. The summed E-state index contributed by atoms with van der Waals surface area (Å²) in [5, 5.41) is 3.40. The van der Waals surface area contributed by atoms with Crippen molar-refractivity contribution in [3.05, 3.63) is 82.4 Å². The molecule has 3 N–H and O–H groups in total. The number of benzene rings is 1. The second kappa shape index (κ2) is 16.8. The summed E-state index contributed by atoms with van der Waals surface area (Å²) in [6.45, 7) is 23.9. The zero-order chi connectivity index (χ0) is 28.0. The van der Waals surface area contributed by atoms with Crippen LogP contribution in [0.5, 0.6) is 0 Å². The average Bonchev–Trinajstić information content (AvgIpc) is 3.68. The summed E-state index contributed by atoms with van der Waals surface area (Å²) < 4.78 is 0. The Morgan fingerprint density at radius 2 is 1.68 bits per heavy atom. The number of rotatable bonds is 5. The number of Topliss-reactive ketones (excluding diaryl/α,β-unsaturated/α-hetero) is 1. The zero-order valence-corrected chi connectivity index (χ0v) is 24.6. The minimum atomic E-state index is 0.00457. The first-order chi connectivity index (χ1) is 17.9. The molecule has 1 aromatic rings. The first kappa shape index (κ1) is 32.1. The highest BCUT2D eigenvalue weighted by molar-refractivity contribution is 6.37. The number of aliphatic imine (C=N–C) groups is 1. The Kier molecular flexibility index (Phi) is 14.5. The molecule has 1 aromatic carbocycles. The van der Waals surface area contributed by atoms with Crippen LogP contribution in [0.15, 0.2) is 81.8 Å². The Morgan fingerprint density at radius 1 is 1.14 bits per heavy atom. The molecule has 0 amide bonds. The van der Waals surface area contributed by atoms with Crippen LogP contribution in [0, 0.1) is 5.92 Å². The Bertz CT molecular complexity index is 1000. The summed E-state index contributed by atoms with van der Waals surface area (Å²) >= 11 is 0. The van der Waals surface area contributed by atoms with Crippen LogP contribution in [0.25, 0.3) is 0 Å². The Labute approximate surface area is 226 Å². The van der Waals surface area contributed by atoms with E-state index in [1.807, 2.05) is 78.0 Å². The van der Waals surface area contributed by atoms with Crippen molar-refractivity contribution in [3.63, 3.8) is 0 Å². The van der Waals surface area contributed by atoms with Gasteiger partial charge in [0.2, 0.25) is 0 Å². The van der Waals surface area contributed by atoms with E-state index in [0.29, 0.717) is 11.3 Å². The van der Waals surface area contributed by atoms with Crippen LogP contribution in [-0.2, 0) is 4.79 Å². The van der Waals surface area contributed by atoms with Gasteiger partial charge in [-0.2, -0.15) is 0 Å². The molecule has 5 heteroatoms. The third-order valence-electron chi connectivity index (χ3n) is 6.31.